The van der Waals surface area contributed by atoms with Gasteiger partial charge in [-0.15, -0.1) is 0 Å². The van der Waals surface area contributed by atoms with Gasteiger partial charge in [0.1, 0.15) is 0 Å². The van der Waals surface area contributed by atoms with Crippen LogP contribution in [0.4, 0.5) is 0 Å². The van der Waals surface area contributed by atoms with Gasteiger partial charge < -0.3 is 14.5 Å². The summed E-state index contributed by atoms with van der Waals surface area (Å²) in [6.45, 7) is 6.63. The lowest BCUT2D eigenvalue weighted by molar-refractivity contribution is 0.0525. The number of carbonyl (C=O) groups excluding carboxylic acids is 1. The molecule has 1 aromatic heterocycles. The summed E-state index contributed by atoms with van der Waals surface area (Å²) in [6.07, 6.45) is 0.751. The molecule has 0 aliphatic heterocycles. The Labute approximate surface area is 89.6 Å². The van der Waals surface area contributed by atoms with Gasteiger partial charge >= 0.3 is 5.97 Å². The van der Waals surface area contributed by atoms with Crippen molar-refractivity contribution in [1.82, 2.24) is 4.98 Å². The van der Waals surface area contributed by atoms with Gasteiger partial charge in [-0.3, -0.25) is 0 Å². The molecule has 15 heavy (non-hydrogen) atoms. The Morgan fingerprint density at radius 3 is 2.60 bits per heavy atom. The predicted molar refractivity (Wildman–Crippen MR) is 57.3 cm³/mol. The third-order valence-corrected chi connectivity index (χ3v) is 2.02. The van der Waals surface area contributed by atoms with Crippen molar-refractivity contribution >= 4 is 5.97 Å². The molecule has 0 atom stereocenters. The summed E-state index contributed by atoms with van der Waals surface area (Å²) in [4.78, 5) is 14.6. The maximum atomic E-state index is 11.5. The molecule has 0 fully saturated rings. The van der Waals surface area contributed by atoms with E-state index in [4.69, 9.17) is 9.47 Å². The fourth-order valence-electron chi connectivity index (χ4n) is 1.37. The standard InChI is InChI=1S/C11H17NO3/c1-4-9-8(11(13)15-6-3)7-10(12-9)14-5-2/h7,12H,4-6H2,1-3H3. The smallest absolute Gasteiger partial charge is 0.340 e. The maximum absolute atomic E-state index is 11.5. The summed E-state index contributed by atoms with van der Waals surface area (Å²) in [5.74, 6) is 0.328. The number of aromatic amines is 1. The molecule has 0 aromatic carbocycles. The zero-order chi connectivity index (χ0) is 11.3. The van der Waals surface area contributed by atoms with E-state index in [0.29, 0.717) is 24.7 Å². The molecule has 0 radical (unpaired) electrons. The topological polar surface area (TPSA) is 51.3 Å². The predicted octanol–water partition coefficient (Wildman–Crippen LogP) is 2.15. The quantitative estimate of drug-likeness (QED) is 0.759. The van der Waals surface area contributed by atoms with Crippen LogP contribution < -0.4 is 4.74 Å². The van der Waals surface area contributed by atoms with Gasteiger partial charge in [0.15, 0.2) is 5.88 Å². The lowest BCUT2D eigenvalue weighted by Crippen LogP contribution is -2.05. The van der Waals surface area contributed by atoms with Crippen LogP contribution in [0.15, 0.2) is 6.07 Å². The van der Waals surface area contributed by atoms with E-state index >= 15 is 0 Å². The highest BCUT2D eigenvalue weighted by Gasteiger charge is 2.15. The lowest BCUT2D eigenvalue weighted by atomic mass is 10.2. The van der Waals surface area contributed by atoms with E-state index in [-0.39, 0.29) is 5.97 Å². The second kappa shape index (κ2) is 5.44. The molecule has 0 saturated carbocycles. The summed E-state index contributed by atoms with van der Waals surface area (Å²) >= 11 is 0. The van der Waals surface area contributed by atoms with Crippen LogP contribution >= 0.6 is 0 Å². The fraction of sp³-hybridized carbons (Fsp3) is 0.545. The Bertz CT molecular complexity index is 331. The Kier molecular flexibility index (Phi) is 4.21. The number of nitrogens with one attached hydrogen (secondary N) is 1. The molecule has 84 valence electrons. The van der Waals surface area contributed by atoms with E-state index < -0.39 is 0 Å². The minimum Gasteiger partial charge on any atom is -0.479 e. The van der Waals surface area contributed by atoms with Crippen LogP contribution in [0, 0.1) is 0 Å². The number of esters is 1. The van der Waals surface area contributed by atoms with Crippen LogP contribution in [0.5, 0.6) is 5.88 Å². The van der Waals surface area contributed by atoms with E-state index in [2.05, 4.69) is 4.98 Å². The number of aromatic nitrogens is 1. The van der Waals surface area contributed by atoms with Crippen molar-refractivity contribution in [3.8, 4) is 5.88 Å². The van der Waals surface area contributed by atoms with Gasteiger partial charge in [0.2, 0.25) is 0 Å². The summed E-state index contributed by atoms with van der Waals surface area (Å²) in [6, 6.07) is 1.69. The minimum absolute atomic E-state index is 0.295. The summed E-state index contributed by atoms with van der Waals surface area (Å²) in [7, 11) is 0. The molecule has 0 bridgehead atoms. The van der Waals surface area contributed by atoms with Gasteiger partial charge in [-0.1, -0.05) is 6.92 Å². The molecule has 0 amide bonds. The van der Waals surface area contributed by atoms with Gasteiger partial charge in [-0.2, -0.15) is 0 Å². The maximum Gasteiger partial charge on any atom is 0.340 e. The molecular formula is C11H17NO3. The van der Waals surface area contributed by atoms with Gasteiger partial charge in [-0.05, 0) is 20.3 Å². The summed E-state index contributed by atoms with van der Waals surface area (Å²) in [5.41, 5.74) is 1.43. The van der Waals surface area contributed by atoms with E-state index in [9.17, 15) is 4.79 Å². The van der Waals surface area contributed by atoms with E-state index in [1.54, 1.807) is 13.0 Å². The first kappa shape index (κ1) is 11.6. The normalized spacial score (nSPS) is 10.1. The van der Waals surface area contributed by atoms with Crippen molar-refractivity contribution in [1.29, 1.82) is 0 Å². The van der Waals surface area contributed by atoms with E-state index in [1.165, 1.54) is 0 Å². The average Bonchev–Trinajstić information content (AvgIpc) is 2.62. The molecule has 0 aliphatic rings. The van der Waals surface area contributed by atoms with Crippen molar-refractivity contribution < 1.29 is 14.3 Å². The minimum atomic E-state index is -0.295. The Morgan fingerprint density at radius 2 is 2.07 bits per heavy atom. The zero-order valence-corrected chi connectivity index (χ0v) is 9.42. The number of carbonyl (C=O) groups is 1. The van der Waals surface area contributed by atoms with Crippen LogP contribution in [-0.4, -0.2) is 24.2 Å². The molecule has 1 N–H and O–H groups in total. The molecule has 0 unspecified atom stereocenters. The number of aryl methyl sites for hydroxylation is 1. The number of H-pyrrole nitrogens is 1. The van der Waals surface area contributed by atoms with Crippen molar-refractivity contribution in [2.24, 2.45) is 0 Å². The third kappa shape index (κ3) is 2.75. The summed E-state index contributed by atoms with van der Waals surface area (Å²) < 4.78 is 10.2. The summed E-state index contributed by atoms with van der Waals surface area (Å²) in [5, 5.41) is 0. The second-order valence-electron chi connectivity index (χ2n) is 3.03. The Hall–Kier alpha value is -1.45. The van der Waals surface area contributed by atoms with Gasteiger partial charge in [0, 0.05) is 11.8 Å². The van der Waals surface area contributed by atoms with Crippen LogP contribution in [0.3, 0.4) is 0 Å². The molecule has 4 nitrogen and oxygen atoms in total. The highest BCUT2D eigenvalue weighted by atomic mass is 16.5. The molecule has 0 aliphatic carbocycles. The average molecular weight is 211 g/mol. The van der Waals surface area contributed by atoms with Gasteiger partial charge in [-0.25, -0.2) is 4.79 Å². The van der Waals surface area contributed by atoms with Crippen molar-refractivity contribution in [2.45, 2.75) is 27.2 Å². The Balaban J connectivity index is 2.89. The lowest BCUT2D eigenvalue weighted by Gasteiger charge is -2.00. The molecule has 0 saturated heterocycles. The number of rotatable bonds is 5. The van der Waals surface area contributed by atoms with E-state index in [0.717, 1.165) is 12.1 Å². The van der Waals surface area contributed by atoms with Gasteiger partial charge in [0.25, 0.3) is 0 Å². The van der Waals surface area contributed by atoms with Crippen LogP contribution in [0.1, 0.15) is 36.8 Å². The SMILES string of the molecule is CCOC(=O)c1cc(OCC)[nH]c1CC. The highest BCUT2D eigenvalue weighted by Crippen LogP contribution is 2.18. The third-order valence-electron chi connectivity index (χ3n) is 2.02. The molecule has 1 aromatic rings. The van der Waals surface area contributed by atoms with Crippen LogP contribution in [0.2, 0.25) is 0 Å². The molecular weight excluding hydrogens is 194 g/mol. The first-order chi connectivity index (χ1) is 7.22. The molecule has 0 spiro atoms. The first-order valence-electron chi connectivity index (χ1n) is 5.24. The van der Waals surface area contributed by atoms with E-state index in [1.807, 2.05) is 13.8 Å². The van der Waals surface area contributed by atoms with Crippen molar-refractivity contribution in [3.63, 3.8) is 0 Å². The monoisotopic (exact) mass is 211 g/mol. The fourth-order valence-corrected chi connectivity index (χ4v) is 1.37. The number of hydrogen-bond donors (Lipinski definition) is 1. The second-order valence-corrected chi connectivity index (χ2v) is 3.03. The zero-order valence-electron chi connectivity index (χ0n) is 9.42. The van der Waals surface area contributed by atoms with Crippen LogP contribution in [0.25, 0.3) is 0 Å². The molecule has 1 rings (SSSR count). The molecule has 4 heteroatoms. The van der Waals surface area contributed by atoms with Crippen molar-refractivity contribution in [3.05, 3.63) is 17.3 Å². The molecule has 1 heterocycles. The first-order valence-corrected chi connectivity index (χ1v) is 5.24. The van der Waals surface area contributed by atoms with Crippen molar-refractivity contribution in [2.75, 3.05) is 13.2 Å². The number of ether oxygens (including phenoxy) is 2. The highest BCUT2D eigenvalue weighted by molar-refractivity contribution is 5.91. The largest absolute Gasteiger partial charge is 0.479 e. The Morgan fingerprint density at radius 1 is 1.33 bits per heavy atom. The number of hydrogen-bond acceptors (Lipinski definition) is 3. The van der Waals surface area contributed by atoms with Crippen LogP contribution in [-0.2, 0) is 11.2 Å². The van der Waals surface area contributed by atoms with Gasteiger partial charge in [0.05, 0.1) is 18.8 Å².